The van der Waals surface area contributed by atoms with Crippen LogP contribution in [0.3, 0.4) is 0 Å². The van der Waals surface area contributed by atoms with E-state index in [4.69, 9.17) is 11.6 Å². The molecule has 1 aliphatic heterocycles. The molecule has 0 aromatic heterocycles. The molecule has 0 radical (unpaired) electrons. The van der Waals surface area contributed by atoms with Crippen molar-refractivity contribution in [3.8, 4) is 0 Å². The number of carbonyl (C=O) groups excluding carboxylic acids is 2. The summed E-state index contributed by atoms with van der Waals surface area (Å²) in [7, 11) is 2.06. The van der Waals surface area contributed by atoms with Crippen LogP contribution in [0.1, 0.15) is 6.42 Å². The summed E-state index contributed by atoms with van der Waals surface area (Å²) in [4.78, 5) is 25.6. The zero-order valence-electron chi connectivity index (χ0n) is 13.1. The normalized spacial score (nSPS) is 14.8. The molecular weight excluding hydrogens is 316 g/mol. The predicted octanol–water partition coefficient (Wildman–Crippen LogP) is 1.84. The molecule has 1 aromatic carbocycles. The molecular formula is C16H21ClN4O2. The molecule has 124 valence electrons. The van der Waals surface area contributed by atoms with Crippen molar-refractivity contribution in [1.29, 1.82) is 0 Å². The quantitative estimate of drug-likeness (QED) is 0.718. The van der Waals surface area contributed by atoms with Crippen molar-refractivity contribution in [2.75, 3.05) is 38.5 Å². The van der Waals surface area contributed by atoms with Crippen molar-refractivity contribution in [1.82, 2.24) is 15.5 Å². The van der Waals surface area contributed by atoms with Crippen LogP contribution in [0.5, 0.6) is 0 Å². The smallest absolute Gasteiger partial charge is 0.315 e. The Balaban J connectivity index is 1.65. The molecule has 2 rings (SSSR count). The minimum Gasteiger partial charge on any atom is -0.334 e. The van der Waals surface area contributed by atoms with Crippen LogP contribution in [0.25, 0.3) is 0 Å². The maximum absolute atomic E-state index is 11.7. The average molecular weight is 337 g/mol. The van der Waals surface area contributed by atoms with Gasteiger partial charge < -0.3 is 20.9 Å². The van der Waals surface area contributed by atoms with Crippen LogP contribution in [0, 0.1) is 0 Å². The first kappa shape index (κ1) is 17.3. The minimum absolute atomic E-state index is 0.0871. The van der Waals surface area contributed by atoms with Crippen LogP contribution in [-0.2, 0) is 4.79 Å². The highest BCUT2D eigenvalue weighted by molar-refractivity contribution is 6.30. The first-order valence-corrected chi connectivity index (χ1v) is 7.84. The van der Waals surface area contributed by atoms with Crippen molar-refractivity contribution >= 4 is 29.2 Å². The Labute approximate surface area is 140 Å². The summed E-state index contributed by atoms with van der Waals surface area (Å²) >= 11 is 5.77. The SMILES string of the molecule is CN1CC=C(CNC(=O)NCC(=O)Nc2ccc(Cl)cc2)CC1. The van der Waals surface area contributed by atoms with Gasteiger partial charge in [0.2, 0.25) is 5.91 Å². The zero-order chi connectivity index (χ0) is 16.7. The van der Waals surface area contributed by atoms with E-state index >= 15 is 0 Å². The maximum atomic E-state index is 11.7. The van der Waals surface area contributed by atoms with E-state index in [1.807, 2.05) is 0 Å². The van der Waals surface area contributed by atoms with Gasteiger partial charge in [-0.15, -0.1) is 0 Å². The number of hydrogen-bond donors (Lipinski definition) is 3. The number of amides is 3. The van der Waals surface area contributed by atoms with Crippen LogP contribution >= 0.6 is 11.6 Å². The third-order valence-electron chi connectivity index (χ3n) is 3.52. The summed E-state index contributed by atoms with van der Waals surface area (Å²) in [6.07, 6.45) is 3.07. The predicted molar refractivity (Wildman–Crippen MR) is 91.7 cm³/mol. The van der Waals surface area contributed by atoms with Crippen molar-refractivity contribution in [3.05, 3.63) is 40.9 Å². The van der Waals surface area contributed by atoms with Crippen LogP contribution in [-0.4, -0.2) is 50.1 Å². The summed E-state index contributed by atoms with van der Waals surface area (Å²) in [6.45, 7) is 2.33. The standard InChI is InChI=1S/C16H21ClN4O2/c1-21-8-6-12(7-9-21)10-18-16(23)19-11-15(22)20-14-4-2-13(17)3-5-14/h2-6H,7-11H2,1H3,(H,20,22)(H2,18,19,23). The second-order valence-electron chi connectivity index (χ2n) is 5.47. The van der Waals surface area contributed by atoms with E-state index in [-0.39, 0.29) is 18.5 Å². The second-order valence-corrected chi connectivity index (χ2v) is 5.90. The number of rotatable bonds is 5. The van der Waals surface area contributed by atoms with Gasteiger partial charge in [-0.1, -0.05) is 23.3 Å². The van der Waals surface area contributed by atoms with E-state index in [9.17, 15) is 9.59 Å². The number of hydrogen-bond acceptors (Lipinski definition) is 3. The number of nitrogens with zero attached hydrogens (tertiary/aromatic N) is 1. The number of likely N-dealkylation sites (N-methyl/N-ethyl adjacent to an activating group) is 1. The second kappa shape index (κ2) is 8.55. The molecule has 0 aliphatic carbocycles. The highest BCUT2D eigenvalue weighted by atomic mass is 35.5. The Hall–Kier alpha value is -2.05. The number of urea groups is 1. The molecule has 1 aromatic rings. The Morgan fingerprint density at radius 1 is 1.22 bits per heavy atom. The van der Waals surface area contributed by atoms with E-state index < -0.39 is 0 Å². The fraction of sp³-hybridized carbons (Fsp3) is 0.375. The van der Waals surface area contributed by atoms with Gasteiger partial charge in [-0.3, -0.25) is 4.79 Å². The maximum Gasteiger partial charge on any atom is 0.315 e. The Bertz CT molecular complexity index is 586. The summed E-state index contributed by atoms with van der Waals surface area (Å²) in [5, 5.41) is 8.57. The summed E-state index contributed by atoms with van der Waals surface area (Å²) in [6, 6.07) is 6.43. The van der Waals surface area contributed by atoms with E-state index in [0.29, 0.717) is 17.3 Å². The van der Waals surface area contributed by atoms with Gasteiger partial charge in [0.25, 0.3) is 0 Å². The highest BCUT2D eigenvalue weighted by Gasteiger charge is 2.09. The molecule has 7 heteroatoms. The molecule has 23 heavy (non-hydrogen) atoms. The Kier molecular flexibility index (Phi) is 6.43. The van der Waals surface area contributed by atoms with Gasteiger partial charge >= 0.3 is 6.03 Å². The van der Waals surface area contributed by atoms with Gasteiger partial charge in [0, 0.05) is 30.3 Å². The van der Waals surface area contributed by atoms with E-state index in [1.165, 1.54) is 5.57 Å². The third kappa shape index (κ3) is 6.30. The molecule has 0 atom stereocenters. The Morgan fingerprint density at radius 2 is 1.96 bits per heavy atom. The molecule has 0 bridgehead atoms. The highest BCUT2D eigenvalue weighted by Crippen LogP contribution is 2.13. The number of halogens is 1. The van der Waals surface area contributed by atoms with Gasteiger partial charge in [0.1, 0.15) is 0 Å². The number of nitrogens with one attached hydrogen (secondary N) is 3. The lowest BCUT2D eigenvalue weighted by Gasteiger charge is -2.22. The van der Waals surface area contributed by atoms with Gasteiger partial charge in [-0.05, 0) is 37.7 Å². The minimum atomic E-state index is -0.351. The molecule has 0 fully saturated rings. The van der Waals surface area contributed by atoms with Crippen LogP contribution in [0.2, 0.25) is 5.02 Å². The van der Waals surface area contributed by atoms with E-state index in [0.717, 1.165) is 19.5 Å². The molecule has 3 N–H and O–H groups in total. The first-order chi connectivity index (χ1) is 11.0. The first-order valence-electron chi connectivity index (χ1n) is 7.46. The van der Waals surface area contributed by atoms with Crippen LogP contribution in [0.4, 0.5) is 10.5 Å². The van der Waals surface area contributed by atoms with Crippen LogP contribution in [0.15, 0.2) is 35.9 Å². The zero-order valence-corrected chi connectivity index (χ0v) is 13.8. The molecule has 3 amide bonds. The molecule has 0 saturated carbocycles. The lowest BCUT2D eigenvalue weighted by atomic mass is 10.1. The fourth-order valence-electron chi connectivity index (χ4n) is 2.13. The fourth-order valence-corrected chi connectivity index (χ4v) is 2.25. The molecule has 0 spiro atoms. The molecule has 1 heterocycles. The summed E-state index contributed by atoms with van der Waals surface area (Å²) in [5.41, 5.74) is 1.85. The molecule has 1 aliphatic rings. The summed E-state index contributed by atoms with van der Waals surface area (Å²) < 4.78 is 0. The van der Waals surface area contributed by atoms with Crippen molar-refractivity contribution in [3.63, 3.8) is 0 Å². The molecule has 0 unspecified atom stereocenters. The molecule has 0 saturated heterocycles. The summed E-state index contributed by atoms with van der Waals surface area (Å²) in [5.74, 6) is -0.291. The average Bonchev–Trinajstić information content (AvgIpc) is 2.54. The van der Waals surface area contributed by atoms with Crippen molar-refractivity contribution in [2.45, 2.75) is 6.42 Å². The van der Waals surface area contributed by atoms with Gasteiger partial charge in [0.05, 0.1) is 6.54 Å². The van der Waals surface area contributed by atoms with E-state index in [1.54, 1.807) is 24.3 Å². The van der Waals surface area contributed by atoms with Crippen molar-refractivity contribution in [2.24, 2.45) is 0 Å². The van der Waals surface area contributed by atoms with Gasteiger partial charge in [0.15, 0.2) is 0 Å². The number of anilines is 1. The number of carbonyl (C=O) groups is 2. The Morgan fingerprint density at radius 3 is 2.61 bits per heavy atom. The van der Waals surface area contributed by atoms with Gasteiger partial charge in [-0.2, -0.15) is 0 Å². The lowest BCUT2D eigenvalue weighted by molar-refractivity contribution is -0.115. The monoisotopic (exact) mass is 336 g/mol. The van der Waals surface area contributed by atoms with Crippen molar-refractivity contribution < 1.29 is 9.59 Å². The van der Waals surface area contributed by atoms with E-state index in [2.05, 4.69) is 34.0 Å². The molecule has 6 nitrogen and oxygen atoms in total. The topological polar surface area (TPSA) is 73.5 Å². The third-order valence-corrected chi connectivity index (χ3v) is 3.77. The number of benzene rings is 1. The van der Waals surface area contributed by atoms with Crippen LogP contribution < -0.4 is 16.0 Å². The lowest BCUT2D eigenvalue weighted by Crippen LogP contribution is -2.41. The van der Waals surface area contributed by atoms with Gasteiger partial charge in [-0.25, -0.2) is 4.79 Å². The largest absolute Gasteiger partial charge is 0.334 e.